The zero-order chi connectivity index (χ0) is 19.2. The van der Waals surface area contributed by atoms with Crippen molar-refractivity contribution in [1.29, 1.82) is 0 Å². The van der Waals surface area contributed by atoms with Gasteiger partial charge in [-0.2, -0.15) is 0 Å². The maximum atomic E-state index is 12.6. The molecule has 5 nitrogen and oxygen atoms in total. The van der Waals surface area contributed by atoms with Gasteiger partial charge in [0.1, 0.15) is 12.4 Å². The van der Waals surface area contributed by atoms with E-state index in [4.69, 9.17) is 10.6 Å². The van der Waals surface area contributed by atoms with Crippen molar-refractivity contribution in [3.8, 4) is 0 Å². The molecule has 27 heavy (non-hydrogen) atoms. The third-order valence-corrected chi connectivity index (χ3v) is 9.03. The van der Waals surface area contributed by atoms with Crippen LogP contribution in [0.5, 0.6) is 0 Å². The lowest BCUT2D eigenvalue weighted by Gasteiger charge is -2.61. The molecule has 5 heteroatoms. The summed E-state index contributed by atoms with van der Waals surface area (Å²) in [6, 6.07) is 0. The van der Waals surface area contributed by atoms with E-state index in [1.54, 1.807) is 0 Å². The molecular formula is C22H36N2O3. The Hall–Kier alpha value is -0.940. The van der Waals surface area contributed by atoms with Crippen molar-refractivity contribution in [1.82, 2.24) is 0 Å². The van der Waals surface area contributed by atoms with E-state index in [2.05, 4.69) is 19.0 Å². The van der Waals surface area contributed by atoms with Crippen LogP contribution in [0.3, 0.4) is 0 Å². The molecule has 0 saturated heterocycles. The number of nitrogens with two attached hydrogens (primary N) is 1. The summed E-state index contributed by atoms with van der Waals surface area (Å²) in [5.41, 5.74) is 6.79. The fourth-order valence-electron chi connectivity index (χ4n) is 7.55. The van der Waals surface area contributed by atoms with Crippen LogP contribution in [0.4, 0.5) is 0 Å². The second-order valence-corrected chi connectivity index (χ2v) is 10.1. The Morgan fingerprint density at radius 3 is 2.74 bits per heavy atom. The van der Waals surface area contributed by atoms with E-state index < -0.39 is 0 Å². The summed E-state index contributed by atoms with van der Waals surface area (Å²) in [7, 11) is 0. The number of Topliss-reactive ketones (excluding diaryl/α,β-unsaturated/α-hetero) is 1. The standard InChI is InChI=1S/C22H36N2O3/c1-21-7-5-15(24-27-10-9-23)12-19(21)14(13-25)11-16-17-3-4-20(26)22(17,2)8-6-18(16)21/h14,16-19,25H,3-13,23H2,1-2H3/b24-15+/t14-,16-,17-,18-,19+,21+,22-/m0/s1. The molecule has 4 rings (SSSR count). The van der Waals surface area contributed by atoms with E-state index in [1.165, 1.54) is 6.42 Å². The average Bonchev–Trinajstić information content (AvgIpc) is 2.96. The first-order chi connectivity index (χ1) is 12.9. The second kappa shape index (κ2) is 7.14. The minimum atomic E-state index is -0.0955. The molecule has 0 bridgehead atoms. The molecule has 0 aromatic heterocycles. The van der Waals surface area contributed by atoms with Crippen molar-refractivity contribution in [2.45, 2.75) is 65.2 Å². The van der Waals surface area contributed by atoms with Crippen LogP contribution >= 0.6 is 0 Å². The van der Waals surface area contributed by atoms with Crippen LogP contribution in [-0.4, -0.2) is 36.4 Å². The molecule has 7 atom stereocenters. The smallest absolute Gasteiger partial charge is 0.139 e. The van der Waals surface area contributed by atoms with Gasteiger partial charge in [0.25, 0.3) is 0 Å². The van der Waals surface area contributed by atoms with Gasteiger partial charge in [0.2, 0.25) is 0 Å². The molecular weight excluding hydrogens is 340 g/mol. The van der Waals surface area contributed by atoms with Crippen LogP contribution in [0.25, 0.3) is 0 Å². The summed E-state index contributed by atoms with van der Waals surface area (Å²) in [5, 5.41) is 14.6. The van der Waals surface area contributed by atoms with E-state index in [0.29, 0.717) is 48.5 Å². The minimum absolute atomic E-state index is 0.0955. The van der Waals surface area contributed by atoms with Crippen molar-refractivity contribution in [2.75, 3.05) is 19.8 Å². The number of ketones is 1. The molecule has 3 N–H and O–H groups in total. The van der Waals surface area contributed by atoms with Gasteiger partial charge in [-0.3, -0.25) is 4.79 Å². The highest BCUT2D eigenvalue weighted by molar-refractivity contribution is 5.87. The van der Waals surface area contributed by atoms with Crippen molar-refractivity contribution in [2.24, 2.45) is 51.3 Å². The third kappa shape index (κ3) is 2.96. The van der Waals surface area contributed by atoms with Gasteiger partial charge in [-0.25, -0.2) is 0 Å². The van der Waals surface area contributed by atoms with Crippen LogP contribution in [0.15, 0.2) is 5.16 Å². The Morgan fingerprint density at radius 2 is 2.00 bits per heavy atom. The molecule has 0 radical (unpaired) electrons. The zero-order valence-corrected chi connectivity index (χ0v) is 17.0. The fraction of sp³-hybridized carbons (Fsp3) is 0.909. The Labute approximate surface area is 163 Å². The number of hydrogen-bond donors (Lipinski definition) is 2. The second-order valence-electron chi connectivity index (χ2n) is 10.1. The monoisotopic (exact) mass is 376 g/mol. The van der Waals surface area contributed by atoms with Gasteiger partial charge < -0.3 is 15.7 Å². The fourth-order valence-corrected chi connectivity index (χ4v) is 7.55. The number of fused-ring (bicyclic) bond motifs is 5. The van der Waals surface area contributed by atoms with Gasteiger partial charge in [0.05, 0.1) is 5.71 Å². The first-order valence-corrected chi connectivity index (χ1v) is 11.0. The Balaban J connectivity index is 1.59. The number of nitrogens with zero attached hydrogens (tertiary/aromatic N) is 1. The van der Waals surface area contributed by atoms with E-state index in [0.717, 1.165) is 50.7 Å². The first-order valence-electron chi connectivity index (χ1n) is 11.0. The Morgan fingerprint density at radius 1 is 1.19 bits per heavy atom. The molecule has 0 aromatic rings. The van der Waals surface area contributed by atoms with Crippen LogP contribution in [0.1, 0.15) is 65.2 Å². The van der Waals surface area contributed by atoms with Crippen LogP contribution in [0.2, 0.25) is 0 Å². The highest BCUT2D eigenvalue weighted by atomic mass is 16.6. The highest BCUT2D eigenvalue weighted by Gasteiger charge is 2.61. The van der Waals surface area contributed by atoms with Gasteiger partial charge in [-0.1, -0.05) is 19.0 Å². The summed E-state index contributed by atoms with van der Waals surface area (Å²) < 4.78 is 0. The van der Waals surface area contributed by atoms with Crippen molar-refractivity contribution in [3.05, 3.63) is 0 Å². The largest absolute Gasteiger partial charge is 0.396 e. The maximum absolute atomic E-state index is 12.6. The number of carbonyl (C=O) groups is 1. The molecule has 0 aromatic carbocycles. The average molecular weight is 377 g/mol. The quantitative estimate of drug-likeness (QED) is 0.583. The lowest BCUT2D eigenvalue weighted by molar-refractivity contribution is -0.145. The Kier molecular flexibility index (Phi) is 5.13. The van der Waals surface area contributed by atoms with Gasteiger partial charge >= 0.3 is 0 Å². The topological polar surface area (TPSA) is 84.9 Å². The maximum Gasteiger partial charge on any atom is 0.139 e. The molecule has 0 aliphatic heterocycles. The van der Waals surface area contributed by atoms with Gasteiger partial charge in [-0.05, 0) is 80.0 Å². The summed E-state index contributed by atoms with van der Waals surface area (Å²) in [4.78, 5) is 18.0. The third-order valence-electron chi connectivity index (χ3n) is 9.03. The number of aliphatic hydroxyl groups is 1. The Bertz CT molecular complexity index is 621. The molecule has 0 unspecified atom stereocenters. The van der Waals surface area contributed by atoms with E-state index >= 15 is 0 Å². The molecule has 0 spiro atoms. The van der Waals surface area contributed by atoms with Crippen molar-refractivity contribution < 1.29 is 14.7 Å². The number of rotatable bonds is 4. The molecule has 0 heterocycles. The van der Waals surface area contributed by atoms with Gasteiger partial charge in [0, 0.05) is 25.0 Å². The van der Waals surface area contributed by atoms with Crippen LogP contribution in [-0.2, 0) is 9.63 Å². The van der Waals surface area contributed by atoms with Crippen molar-refractivity contribution in [3.63, 3.8) is 0 Å². The summed E-state index contributed by atoms with van der Waals surface area (Å²) in [5.74, 6) is 3.09. The van der Waals surface area contributed by atoms with Crippen LogP contribution < -0.4 is 5.73 Å². The molecule has 152 valence electrons. The summed E-state index contributed by atoms with van der Waals surface area (Å²) in [6.45, 7) is 5.89. The van der Waals surface area contributed by atoms with Crippen molar-refractivity contribution >= 4 is 11.5 Å². The SMILES string of the molecule is C[C@]12CC/C(=N\OCCN)C[C@@H]1[C@H](CO)C[C@@H]1[C@@H]2CC[C@]2(C)C(=O)CC[C@@H]12. The number of aliphatic hydroxyl groups excluding tert-OH is 1. The van der Waals surface area contributed by atoms with E-state index in [9.17, 15) is 9.90 Å². The van der Waals surface area contributed by atoms with Gasteiger partial charge in [-0.15, -0.1) is 0 Å². The van der Waals surface area contributed by atoms with Crippen LogP contribution in [0, 0.1) is 40.4 Å². The zero-order valence-electron chi connectivity index (χ0n) is 17.0. The normalized spacial score (nSPS) is 48.1. The molecule has 4 aliphatic carbocycles. The summed E-state index contributed by atoms with van der Waals surface area (Å²) >= 11 is 0. The molecule has 4 fully saturated rings. The highest BCUT2D eigenvalue weighted by Crippen LogP contribution is 2.66. The first kappa shape index (κ1) is 19.4. The van der Waals surface area contributed by atoms with Gasteiger partial charge in [0.15, 0.2) is 0 Å². The number of carbonyl (C=O) groups excluding carboxylic acids is 1. The number of oxime groups is 1. The summed E-state index contributed by atoms with van der Waals surface area (Å²) in [6.07, 6.45) is 8.19. The number of hydrogen-bond acceptors (Lipinski definition) is 5. The molecule has 4 saturated carbocycles. The molecule has 4 aliphatic rings. The lowest BCUT2D eigenvalue weighted by Crippen LogP contribution is -2.56. The predicted molar refractivity (Wildman–Crippen MR) is 105 cm³/mol. The van der Waals surface area contributed by atoms with E-state index in [1.807, 2.05) is 0 Å². The lowest BCUT2D eigenvalue weighted by atomic mass is 9.43. The van der Waals surface area contributed by atoms with E-state index in [-0.39, 0.29) is 17.4 Å². The minimum Gasteiger partial charge on any atom is -0.396 e. The molecule has 0 amide bonds. The predicted octanol–water partition coefficient (Wildman–Crippen LogP) is 3.15.